The Morgan fingerprint density at radius 1 is 1.00 bits per heavy atom. The molecule has 0 unspecified atom stereocenters. The topological polar surface area (TPSA) is 49.9 Å². The molecular weight excluding hydrogens is 432 g/mol. The predicted octanol–water partition coefficient (Wildman–Crippen LogP) is 4.83. The fraction of sp³-hybridized carbons (Fsp3) is 0.167. The summed E-state index contributed by atoms with van der Waals surface area (Å²) >= 11 is 7.40. The number of para-hydroxylation sites is 1. The van der Waals surface area contributed by atoms with Gasteiger partial charge in [-0.3, -0.25) is 14.5 Å². The Labute approximate surface area is 189 Å². The first kappa shape index (κ1) is 20.0. The molecule has 5 rings (SSSR count). The molecule has 2 aliphatic heterocycles. The molecule has 0 radical (unpaired) electrons. The Morgan fingerprint density at radius 2 is 1.71 bits per heavy atom. The van der Waals surface area contributed by atoms with Crippen LogP contribution >= 0.6 is 23.4 Å². The van der Waals surface area contributed by atoms with Gasteiger partial charge in [0.1, 0.15) is 5.75 Å². The van der Waals surface area contributed by atoms with Crippen LogP contribution in [0.4, 0.5) is 11.4 Å². The first-order chi connectivity index (χ1) is 15.0. The van der Waals surface area contributed by atoms with Gasteiger partial charge in [0.15, 0.2) is 0 Å². The zero-order chi connectivity index (χ0) is 21.6. The number of hydrogen-bond donors (Lipinski definition) is 0. The van der Waals surface area contributed by atoms with Gasteiger partial charge in [-0.2, -0.15) is 0 Å². The first-order valence-corrected chi connectivity index (χ1v) is 11.2. The average molecular weight is 451 g/mol. The Kier molecular flexibility index (Phi) is 4.91. The summed E-state index contributed by atoms with van der Waals surface area (Å²) in [7, 11) is 1.60. The number of anilines is 2. The van der Waals surface area contributed by atoms with Crippen LogP contribution in [-0.4, -0.2) is 24.7 Å². The lowest BCUT2D eigenvalue weighted by Gasteiger charge is -2.33. The number of amides is 2. The van der Waals surface area contributed by atoms with Crippen LogP contribution in [0, 0.1) is 0 Å². The maximum absolute atomic E-state index is 14.0. The zero-order valence-corrected chi connectivity index (χ0v) is 18.3. The number of benzene rings is 3. The molecule has 31 heavy (non-hydrogen) atoms. The first-order valence-electron chi connectivity index (χ1n) is 9.81. The predicted molar refractivity (Wildman–Crippen MR) is 124 cm³/mol. The fourth-order valence-electron chi connectivity index (χ4n) is 4.22. The molecule has 1 spiro atoms. The molecule has 5 nitrogen and oxygen atoms in total. The number of methoxy groups -OCH3 is 1. The van der Waals surface area contributed by atoms with Gasteiger partial charge in [-0.05, 0) is 48.0 Å². The third-order valence-electron chi connectivity index (χ3n) is 5.65. The lowest BCUT2D eigenvalue weighted by Crippen LogP contribution is -2.49. The molecule has 3 aromatic carbocycles. The molecule has 1 saturated heterocycles. The Hall–Kier alpha value is -2.96. The number of carbonyl (C=O) groups excluding carboxylic acids is 2. The van der Waals surface area contributed by atoms with E-state index in [1.165, 1.54) is 11.8 Å². The van der Waals surface area contributed by atoms with Crippen LogP contribution in [0.2, 0.25) is 5.02 Å². The van der Waals surface area contributed by atoms with E-state index in [1.54, 1.807) is 29.0 Å². The minimum atomic E-state index is -1.12. The average Bonchev–Trinajstić information content (AvgIpc) is 3.26. The van der Waals surface area contributed by atoms with Crippen LogP contribution in [0.15, 0.2) is 72.8 Å². The highest BCUT2D eigenvalue weighted by molar-refractivity contribution is 8.02. The van der Waals surface area contributed by atoms with Crippen molar-refractivity contribution in [3.63, 3.8) is 0 Å². The number of carbonyl (C=O) groups is 2. The van der Waals surface area contributed by atoms with Crippen LogP contribution in [0.5, 0.6) is 5.75 Å². The smallest absolute Gasteiger partial charge is 0.269 e. The van der Waals surface area contributed by atoms with Crippen LogP contribution in [0.25, 0.3) is 0 Å². The van der Waals surface area contributed by atoms with Crippen molar-refractivity contribution in [3.8, 4) is 5.75 Å². The van der Waals surface area contributed by atoms with Crippen LogP contribution in [0.1, 0.15) is 11.1 Å². The number of nitrogens with zero attached hydrogens (tertiary/aromatic N) is 2. The lowest BCUT2D eigenvalue weighted by molar-refractivity contribution is -0.123. The van der Waals surface area contributed by atoms with E-state index in [9.17, 15) is 9.59 Å². The second-order valence-corrected chi connectivity index (χ2v) is 9.00. The van der Waals surface area contributed by atoms with E-state index < -0.39 is 4.87 Å². The van der Waals surface area contributed by atoms with Crippen molar-refractivity contribution in [3.05, 3.63) is 88.9 Å². The van der Waals surface area contributed by atoms with Crippen molar-refractivity contribution in [2.24, 2.45) is 0 Å². The Bertz CT molecular complexity index is 1170. The molecule has 1 fully saturated rings. The van der Waals surface area contributed by atoms with Crippen molar-refractivity contribution >= 4 is 46.6 Å². The molecular formula is C24H19ClN2O3S. The van der Waals surface area contributed by atoms with Crippen molar-refractivity contribution < 1.29 is 14.3 Å². The van der Waals surface area contributed by atoms with E-state index in [0.29, 0.717) is 23.0 Å². The largest absolute Gasteiger partial charge is 0.497 e. The highest BCUT2D eigenvalue weighted by Crippen LogP contribution is 2.56. The molecule has 0 aromatic heterocycles. The standard InChI is InChI=1S/C24H19ClN2O3S/c1-30-19-12-10-18(11-13-19)27-22(28)15-31-24(27)20-4-2-3-5-21(20)26(23(24)29)14-16-6-8-17(25)9-7-16/h2-13H,14-15H2,1H3/t24-/m0/s1. The monoisotopic (exact) mass is 450 g/mol. The molecule has 3 aromatic rings. The molecule has 0 aliphatic carbocycles. The molecule has 2 aliphatic rings. The highest BCUT2D eigenvalue weighted by Gasteiger charge is 2.60. The van der Waals surface area contributed by atoms with Crippen LogP contribution in [0.3, 0.4) is 0 Å². The van der Waals surface area contributed by atoms with E-state index in [0.717, 1.165) is 16.8 Å². The lowest BCUT2D eigenvalue weighted by atomic mass is 10.0. The minimum absolute atomic E-state index is 0.0911. The second-order valence-electron chi connectivity index (χ2n) is 7.39. The molecule has 0 bridgehead atoms. The summed E-state index contributed by atoms with van der Waals surface area (Å²) in [6.45, 7) is 0.403. The normalized spacial score (nSPS) is 19.9. The van der Waals surface area contributed by atoms with Gasteiger partial charge in [0.05, 0.1) is 25.1 Å². The maximum Gasteiger partial charge on any atom is 0.269 e. The molecule has 1 atom stereocenters. The van der Waals surface area contributed by atoms with Gasteiger partial charge in [0, 0.05) is 16.3 Å². The van der Waals surface area contributed by atoms with Crippen molar-refractivity contribution in [2.75, 3.05) is 22.7 Å². The van der Waals surface area contributed by atoms with Gasteiger partial charge in [-0.25, -0.2) is 0 Å². The summed E-state index contributed by atoms with van der Waals surface area (Å²) in [6, 6.07) is 22.4. The molecule has 0 saturated carbocycles. The number of rotatable bonds is 4. The number of ether oxygens (including phenoxy) is 1. The summed E-state index contributed by atoms with van der Waals surface area (Å²) < 4.78 is 5.25. The van der Waals surface area contributed by atoms with Crippen molar-refractivity contribution in [1.82, 2.24) is 0 Å². The SMILES string of the molecule is COc1ccc(N2C(=O)CS[C@@]23C(=O)N(Cc2ccc(Cl)cc2)c2ccccc23)cc1. The molecule has 0 N–H and O–H groups in total. The molecule has 7 heteroatoms. The molecule has 2 amide bonds. The summed E-state index contributed by atoms with van der Waals surface area (Å²) in [4.78, 5) is 29.3. The Morgan fingerprint density at radius 3 is 2.42 bits per heavy atom. The summed E-state index contributed by atoms with van der Waals surface area (Å²) in [6.07, 6.45) is 0. The number of halogens is 1. The van der Waals surface area contributed by atoms with E-state index in [-0.39, 0.29) is 17.6 Å². The third kappa shape index (κ3) is 3.09. The van der Waals surface area contributed by atoms with Gasteiger partial charge in [0.2, 0.25) is 10.8 Å². The summed E-state index contributed by atoms with van der Waals surface area (Å²) in [5.41, 5.74) is 3.30. The van der Waals surface area contributed by atoms with E-state index in [4.69, 9.17) is 16.3 Å². The van der Waals surface area contributed by atoms with Crippen LogP contribution < -0.4 is 14.5 Å². The second kappa shape index (κ2) is 7.62. The Balaban J connectivity index is 1.61. The minimum Gasteiger partial charge on any atom is -0.497 e. The van der Waals surface area contributed by atoms with E-state index in [2.05, 4.69) is 0 Å². The highest BCUT2D eigenvalue weighted by atomic mass is 35.5. The number of hydrogen-bond acceptors (Lipinski definition) is 4. The van der Waals surface area contributed by atoms with Gasteiger partial charge >= 0.3 is 0 Å². The van der Waals surface area contributed by atoms with E-state index >= 15 is 0 Å². The van der Waals surface area contributed by atoms with Gasteiger partial charge in [0.25, 0.3) is 5.91 Å². The fourth-order valence-corrected chi connectivity index (χ4v) is 5.70. The summed E-state index contributed by atoms with van der Waals surface area (Å²) in [5.74, 6) is 0.725. The van der Waals surface area contributed by atoms with Crippen molar-refractivity contribution in [1.29, 1.82) is 0 Å². The number of fused-ring (bicyclic) bond motifs is 2. The van der Waals surface area contributed by atoms with Gasteiger partial charge in [-0.15, -0.1) is 11.8 Å². The molecule has 2 heterocycles. The van der Waals surface area contributed by atoms with Gasteiger partial charge in [-0.1, -0.05) is 41.9 Å². The van der Waals surface area contributed by atoms with Crippen LogP contribution in [-0.2, 0) is 21.0 Å². The molecule has 156 valence electrons. The van der Waals surface area contributed by atoms with E-state index in [1.807, 2.05) is 60.7 Å². The maximum atomic E-state index is 14.0. The third-order valence-corrected chi connectivity index (χ3v) is 7.29. The summed E-state index contributed by atoms with van der Waals surface area (Å²) in [5, 5.41) is 0.649. The zero-order valence-electron chi connectivity index (χ0n) is 16.7. The van der Waals surface area contributed by atoms with Gasteiger partial charge < -0.3 is 9.64 Å². The number of thioether (sulfide) groups is 1. The quantitative estimate of drug-likeness (QED) is 0.571. The van der Waals surface area contributed by atoms with Crippen molar-refractivity contribution in [2.45, 2.75) is 11.4 Å².